The molecular formula is C13H10F3NO. The Labute approximate surface area is 103 Å². The minimum absolute atomic E-state index is 0.0504. The fourth-order valence-corrected chi connectivity index (χ4v) is 1.28. The normalized spacial score (nSPS) is 13.1. The molecule has 0 spiro atoms. The van der Waals surface area contributed by atoms with Crippen molar-refractivity contribution in [3.05, 3.63) is 53.6 Å². The molecule has 5 heteroatoms. The lowest BCUT2D eigenvalue weighted by Gasteiger charge is -2.10. The maximum Gasteiger partial charge on any atom is 0.417 e. The topological polar surface area (TPSA) is 33.0 Å². The molecule has 1 aromatic rings. The van der Waals surface area contributed by atoms with Crippen LogP contribution in [0.1, 0.15) is 5.56 Å². The molecule has 0 atom stereocenters. The highest BCUT2D eigenvalue weighted by atomic mass is 19.4. The Hall–Kier alpha value is -2.22. The molecule has 0 aliphatic carbocycles. The molecule has 0 aliphatic rings. The Morgan fingerprint density at radius 3 is 2.33 bits per heavy atom. The first-order chi connectivity index (χ1) is 8.49. The Bertz CT molecular complexity index is 495. The first kappa shape index (κ1) is 13.8. The molecule has 94 valence electrons. The average molecular weight is 253 g/mol. The maximum absolute atomic E-state index is 12.6. The van der Waals surface area contributed by atoms with E-state index in [9.17, 15) is 13.2 Å². The molecule has 0 radical (unpaired) electrons. The lowest BCUT2D eigenvalue weighted by atomic mass is 10.1. The van der Waals surface area contributed by atoms with Gasteiger partial charge in [0.25, 0.3) is 0 Å². The molecule has 0 amide bonds. The minimum atomic E-state index is -4.59. The number of alkyl halides is 3. The first-order valence-electron chi connectivity index (χ1n) is 4.97. The van der Waals surface area contributed by atoms with E-state index in [1.165, 1.54) is 13.2 Å². The van der Waals surface area contributed by atoms with Gasteiger partial charge in [-0.15, -0.1) is 0 Å². The van der Waals surface area contributed by atoms with E-state index < -0.39 is 11.7 Å². The number of methoxy groups -OCH3 is 1. The Kier molecular flexibility index (Phi) is 4.55. The van der Waals surface area contributed by atoms with Crippen molar-refractivity contribution in [3.8, 4) is 6.07 Å². The predicted octanol–water partition coefficient (Wildman–Crippen LogP) is 3.69. The van der Waals surface area contributed by atoms with Gasteiger partial charge in [0.05, 0.1) is 18.8 Å². The first-order valence-corrected chi connectivity index (χ1v) is 4.97. The second-order valence-electron chi connectivity index (χ2n) is 3.31. The number of halogens is 3. The van der Waals surface area contributed by atoms with Crippen molar-refractivity contribution in [1.29, 1.82) is 5.26 Å². The SMILES string of the molecule is CO/C(=C/C(=C\C#N)C(F)(F)F)c1ccccc1. The molecule has 0 N–H and O–H groups in total. The van der Waals surface area contributed by atoms with Crippen LogP contribution in [0.15, 0.2) is 48.1 Å². The van der Waals surface area contributed by atoms with E-state index in [-0.39, 0.29) is 5.76 Å². The molecule has 1 aromatic carbocycles. The molecule has 0 heterocycles. The van der Waals surface area contributed by atoms with E-state index in [0.29, 0.717) is 11.6 Å². The van der Waals surface area contributed by atoms with Gasteiger partial charge < -0.3 is 4.74 Å². The standard InChI is InChI=1S/C13H10F3NO/c1-18-12(10-5-3-2-4-6-10)9-11(7-8-17)13(14,15)16/h2-7,9H,1H3/b11-7+,12-9+. The van der Waals surface area contributed by atoms with Crippen molar-refractivity contribution >= 4 is 5.76 Å². The highest BCUT2D eigenvalue weighted by molar-refractivity contribution is 5.63. The highest BCUT2D eigenvalue weighted by Gasteiger charge is 2.32. The van der Waals surface area contributed by atoms with Gasteiger partial charge in [-0.3, -0.25) is 0 Å². The zero-order valence-corrected chi connectivity index (χ0v) is 9.53. The molecule has 0 saturated carbocycles. The van der Waals surface area contributed by atoms with Gasteiger partial charge in [-0.1, -0.05) is 30.3 Å². The van der Waals surface area contributed by atoms with Crippen LogP contribution >= 0.6 is 0 Å². The van der Waals surface area contributed by atoms with E-state index in [1.807, 2.05) is 0 Å². The summed E-state index contributed by atoms with van der Waals surface area (Å²) < 4.78 is 42.7. The third-order valence-electron chi connectivity index (χ3n) is 2.11. The number of rotatable bonds is 3. The molecule has 0 fully saturated rings. The molecule has 0 unspecified atom stereocenters. The van der Waals surface area contributed by atoms with Crippen LogP contribution in [0.25, 0.3) is 5.76 Å². The molecule has 1 rings (SSSR count). The summed E-state index contributed by atoms with van der Waals surface area (Å²) in [7, 11) is 1.28. The molecule has 0 aromatic heterocycles. The van der Waals surface area contributed by atoms with Crippen LogP contribution < -0.4 is 0 Å². The van der Waals surface area contributed by atoms with Crippen molar-refractivity contribution in [2.45, 2.75) is 6.18 Å². The van der Waals surface area contributed by atoms with Crippen molar-refractivity contribution in [2.75, 3.05) is 7.11 Å². The maximum atomic E-state index is 12.6. The number of ether oxygens (including phenoxy) is 1. The van der Waals surface area contributed by atoms with Crippen LogP contribution in [0.2, 0.25) is 0 Å². The molecular weight excluding hydrogens is 243 g/mol. The van der Waals surface area contributed by atoms with Gasteiger partial charge in [-0.05, 0) is 6.08 Å². The van der Waals surface area contributed by atoms with Crippen LogP contribution in [0, 0.1) is 11.3 Å². The second kappa shape index (κ2) is 5.92. The van der Waals surface area contributed by atoms with Crippen LogP contribution in [0.5, 0.6) is 0 Å². The van der Waals surface area contributed by atoms with Gasteiger partial charge in [-0.25, -0.2) is 0 Å². The smallest absolute Gasteiger partial charge is 0.417 e. The lowest BCUT2D eigenvalue weighted by molar-refractivity contribution is -0.0882. The summed E-state index contributed by atoms with van der Waals surface area (Å²) in [4.78, 5) is 0. The second-order valence-corrected chi connectivity index (χ2v) is 3.31. The highest BCUT2D eigenvalue weighted by Crippen LogP contribution is 2.29. The Morgan fingerprint density at radius 2 is 1.89 bits per heavy atom. The van der Waals surface area contributed by atoms with E-state index in [1.54, 1.807) is 30.3 Å². The van der Waals surface area contributed by atoms with Gasteiger partial charge in [0.2, 0.25) is 0 Å². The summed E-state index contributed by atoms with van der Waals surface area (Å²) in [6, 6.07) is 9.73. The Morgan fingerprint density at radius 1 is 1.28 bits per heavy atom. The summed E-state index contributed by atoms with van der Waals surface area (Å²) in [5.74, 6) is 0.0504. The fraction of sp³-hybridized carbons (Fsp3) is 0.154. The quantitative estimate of drug-likeness (QED) is 0.467. The van der Waals surface area contributed by atoms with Gasteiger partial charge in [0, 0.05) is 11.6 Å². The summed E-state index contributed by atoms with van der Waals surface area (Å²) in [6.45, 7) is 0. The zero-order chi connectivity index (χ0) is 13.6. The van der Waals surface area contributed by atoms with Crippen molar-refractivity contribution < 1.29 is 17.9 Å². The van der Waals surface area contributed by atoms with E-state index in [0.717, 1.165) is 6.08 Å². The van der Waals surface area contributed by atoms with Crippen LogP contribution in [-0.2, 0) is 4.74 Å². The van der Waals surface area contributed by atoms with Crippen LogP contribution in [0.4, 0.5) is 13.2 Å². The number of allylic oxidation sites excluding steroid dienone is 3. The summed E-state index contributed by atoms with van der Waals surface area (Å²) >= 11 is 0. The van der Waals surface area contributed by atoms with Crippen molar-refractivity contribution in [1.82, 2.24) is 0 Å². The minimum Gasteiger partial charge on any atom is -0.496 e. The summed E-state index contributed by atoms with van der Waals surface area (Å²) in [5.41, 5.74) is -0.543. The van der Waals surface area contributed by atoms with E-state index in [2.05, 4.69) is 0 Å². The largest absolute Gasteiger partial charge is 0.496 e. The van der Waals surface area contributed by atoms with Crippen LogP contribution in [0.3, 0.4) is 0 Å². The summed E-state index contributed by atoms with van der Waals surface area (Å²) in [6.07, 6.45) is -3.34. The molecule has 0 aliphatic heterocycles. The van der Waals surface area contributed by atoms with Gasteiger partial charge in [0.15, 0.2) is 0 Å². The lowest BCUT2D eigenvalue weighted by Crippen LogP contribution is -2.10. The third-order valence-corrected chi connectivity index (χ3v) is 2.11. The average Bonchev–Trinajstić information content (AvgIpc) is 2.34. The van der Waals surface area contributed by atoms with E-state index >= 15 is 0 Å². The van der Waals surface area contributed by atoms with Crippen LogP contribution in [-0.4, -0.2) is 13.3 Å². The molecule has 0 bridgehead atoms. The number of nitriles is 1. The molecule has 2 nitrogen and oxygen atoms in total. The number of hydrogen-bond donors (Lipinski definition) is 0. The molecule has 0 saturated heterocycles. The van der Waals surface area contributed by atoms with Crippen molar-refractivity contribution in [2.24, 2.45) is 0 Å². The predicted molar refractivity (Wildman–Crippen MR) is 61.2 cm³/mol. The molecule has 18 heavy (non-hydrogen) atoms. The monoisotopic (exact) mass is 253 g/mol. The third kappa shape index (κ3) is 3.67. The van der Waals surface area contributed by atoms with Gasteiger partial charge >= 0.3 is 6.18 Å². The van der Waals surface area contributed by atoms with Crippen molar-refractivity contribution in [3.63, 3.8) is 0 Å². The Balaban J connectivity index is 3.20. The van der Waals surface area contributed by atoms with E-state index in [4.69, 9.17) is 10.00 Å². The zero-order valence-electron chi connectivity index (χ0n) is 9.53. The fourth-order valence-electron chi connectivity index (χ4n) is 1.28. The summed E-state index contributed by atoms with van der Waals surface area (Å²) in [5, 5.41) is 8.36. The number of benzene rings is 1. The van der Waals surface area contributed by atoms with Gasteiger partial charge in [-0.2, -0.15) is 18.4 Å². The van der Waals surface area contributed by atoms with Gasteiger partial charge in [0.1, 0.15) is 5.76 Å². The number of nitrogens with zero attached hydrogens (tertiary/aromatic N) is 1. The number of hydrogen-bond acceptors (Lipinski definition) is 2.